The van der Waals surface area contributed by atoms with Crippen molar-refractivity contribution in [3.8, 4) is 5.75 Å². The molecule has 122 valence electrons. The van der Waals surface area contributed by atoms with Crippen molar-refractivity contribution in [3.63, 3.8) is 0 Å². The Kier molecular flexibility index (Phi) is 5.12. The lowest BCUT2D eigenvalue weighted by Gasteiger charge is -2.15. The van der Waals surface area contributed by atoms with E-state index in [4.69, 9.17) is 4.74 Å². The zero-order chi connectivity index (χ0) is 16.1. The first-order chi connectivity index (χ1) is 11.2. The molecule has 0 aliphatic carbocycles. The highest BCUT2D eigenvalue weighted by atomic mass is 32.1. The van der Waals surface area contributed by atoms with Crippen LogP contribution in [0.2, 0.25) is 0 Å². The molecule has 5 nitrogen and oxygen atoms in total. The van der Waals surface area contributed by atoms with E-state index in [1.807, 2.05) is 18.3 Å². The molecule has 6 heteroatoms. The second-order valence-electron chi connectivity index (χ2n) is 5.49. The van der Waals surface area contributed by atoms with E-state index in [0.717, 1.165) is 36.2 Å². The van der Waals surface area contributed by atoms with Gasteiger partial charge in [-0.2, -0.15) is 0 Å². The Labute approximate surface area is 140 Å². The van der Waals surface area contributed by atoms with Gasteiger partial charge in [-0.15, -0.1) is 11.3 Å². The minimum atomic E-state index is 0.151. The summed E-state index contributed by atoms with van der Waals surface area (Å²) in [6.45, 7) is 6.28. The largest absolute Gasteiger partial charge is 0.488 e. The van der Waals surface area contributed by atoms with Crippen LogP contribution in [0.4, 0.5) is 0 Å². The highest BCUT2D eigenvalue weighted by Gasteiger charge is 2.22. The number of benzene rings is 1. The molecule has 0 amide bonds. The van der Waals surface area contributed by atoms with Gasteiger partial charge in [0.05, 0.1) is 13.1 Å². The van der Waals surface area contributed by atoms with Crippen molar-refractivity contribution in [1.29, 1.82) is 0 Å². The number of aliphatic imine (C=N–C) groups is 1. The maximum Gasteiger partial charge on any atom is 0.191 e. The van der Waals surface area contributed by atoms with E-state index in [1.165, 1.54) is 10.4 Å². The van der Waals surface area contributed by atoms with E-state index in [9.17, 15) is 0 Å². The van der Waals surface area contributed by atoms with Crippen molar-refractivity contribution in [1.82, 2.24) is 15.6 Å². The number of fused-ring (bicyclic) bond motifs is 1. The average Bonchev–Trinajstić information content (AvgIpc) is 3.15. The van der Waals surface area contributed by atoms with Crippen molar-refractivity contribution < 1.29 is 4.74 Å². The third kappa shape index (κ3) is 4.22. The molecule has 0 radical (unpaired) electrons. The van der Waals surface area contributed by atoms with Gasteiger partial charge in [0, 0.05) is 24.0 Å². The summed E-state index contributed by atoms with van der Waals surface area (Å²) in [4.78, 5) is 10.2. The lowest BCUT2D eigenvalue weighted by Crippen LogP contribution is -2.42. The number of hydrogen-bond donors (Lipinski definition) is 2. The van der Waals surface area contributed by atoms with E-state index in [0.29, 0.717) is 6.54 Å². The first kappa shape index (κ1) is 15.8. The number of rotatable bonds is 5. The summed E-state index contributed by atoms with van der Waals surface area (Å²) in [5.74, 6) is 1.81. The van der Waals surface area contributed by atoms with Gasteiger partial charge in [0.25, 0.3) is 0 Å². The number of ether oxygens (including phenoxy) is 1. The topological polar surface area (TPSA) is 58.5 Å². The molecule has 2 heterocycles. The standard InChI is InChI=1S/C17H22N4OS/c1-3-18-17(21-11-16-19-9-12(2)23-16)20-10-14-8-13-6-4-5-7-15(13)22-14/h4-7,9,14H,3,8,10-11H2,1-2H3,(H2,18,20,21). The van der Waals surface area contributed by atoms with Gasteiger partial charge in [-0.3, -0.25) is 0 Å². The van der Waals surface area contributed by atoms with Crippen molar-refractivity contribution in [2.75, 3.05) is 13.1 Å². The summed E-state index contributed by atoms with van der Waals surface area (Å²) in [5, 5.41) is 7.66. The Morgan fingerprint density at radius 2 is 2.26 bits per heavy atom. The Balaban J connectivity index is 1.54. The quantitative estimate of drug-likeness (QED) is 0.653. The van der Waals surface area contributed by atoms with Crippen molar-refractivity contribution in [3.05, 3.63) is 45.9 Å². The number of guanidine groups is 1. The SMILES string of the molecule is CCNC(=NCc1ncc(C)s1)NCC1Cc2ccccc2O1. The molecule has 0 saturated heterocycles. The summed E-state index contributed by atoms with van der Waals surface area (Å²) < 4.78 is 5.95. The number of para-hydroxylation sites is 1. The minimum Gasteiger partial charge on any atom is -0.488 e. The number of aromatic nitrogens is 1. The number of aryl methyl sites for hydroxylation is 1. The van der Waals surface area contributed by atoms with E-state index in [2.05, 4.69) is 46.6 Å². The molecule has 2 aromatic rings. The van der Waals surface area contributed by atoms with E-state index in [-0.39, 0.29) is 6.10 Å². The number of hydrogen-bond acceptors (Lipinski definition) is 4. The van der Waals surface area contributed by atoms with Crippen LogP contribution in [0, 0.1) is 6.92 Å². The fraction of sp³-hybridized carbons (Fsp3) is 0.412. The highest BCUT2D eigenvalue weighted by molar-refractivity contribution is 7.11. The molecule has 2 N–H and O–H groups in total. The summed E-state index contributed by atoms with van der Waals surface area (Å²) in [6.07, 6.45) is 2.98. The van der Waals surface area contributed by atoms with Crippen LogP contribution >= 0.6 is 11.3 Å². The summed E-state index contributed by atoms with van der Waals surface area (Å²) in [6, 6.07) is 8.22. The molecule has 1 unspecified atom stereocenters. The molecule has 0 fully saturated rings. The van der Waals surface area contributed by atoms with Gasteiger partial charge in [-0.25, -0.2) is 9.98 Å². The monoisotopic (exact) mass is 330 g/mol. The van der Waals surface area contributed by atoms with Crippen LogP contribution in [0.5, 0.6) is 5.75 Å². The van der Waals surface area contributed by atoms with Gasteiger partial charge >= 0.3 is 0 Å². The highest BCUT2D eigenvalue weighted by Crippen LogP contribution is 2.27. The minimum absolute atomic E-state index is 0.151. The zero-order valence-corrected chi connectivity index (χ0v) is 14.3. The average molecular weight is 330 g/mol. The molecule has 1 aliphatic heterocycles. The fourth-order valence-electron chi connectivity index (χ4n) is 2.54. The molecule has 0 saturated carbocycles. The van der Waals surface area contributed by atoms with Gasteiger partial charge < -0.3 is 15.4 Å². The van der Waals surface area contributed by atoms with Crippen molar-refractivity contribution in [2.45, 2.75) is 32.9 Å². The maximum atomic E-state index is 5.95. The predicted octanol–water partition coefficient (Wildman–Crippen LogP) is 2.51. The van der Waals surface area contributed by atoms with Gasteiger partial charge in [-0.1, -0.05) is 18.2 Å². The molecular weight excluding hydrogens is 308 g/mol. The van der Waals surface area contributed by atoms with Crippen LogP contribution in [-0.2, 0) is 13.0 Å². The first-order valence-electron chi connectivity index (χ1n) is 7.92. The predicted molar refractivity (Wildman–Crippen MR) is 94.2 cm³/mol. The van der Waals surface area contributed by atoms with Gasteiger partial charge in [0.2, 0.25) is 0 Å². The van der Waals surface area contributed by atoms with Gasteiger partial charge in [0.1, 0.15) is 16.9 Å². The third-order valence-corrected chi connectivity index (χ3v) is 4.49. The maximum absolute atomic E-state index is 5.95. The van der Waals surface area contributed by atoms with Crippen LogP contribution in [-0.4, -0.2) is 30.1 Å². The molecule has 23 heavy (non-hydrogen) atoms. The molecule has 1 atom stereocenters. The van der Waals surface area contributed by atoms with Crippen LogP contribution in [0.25, 0.3) is 0 Å². The van der Waals surface area contributed by atoms with Crippen LogP contribution in [0.15, 0.2) is 35.5 Å². The molecular formula is C17H22N4OS. The Morgan fingerprint density at radius 1 is 1.39 bits per heavy atom. The Bertz CT molecular complexity index is 658. The molecule has 1 aromatic heterocycles. The van der Waals surface area contributed by atoms with E-state index < -0.39 is 0 Å². The van der Waals surface area contributed by atoms with Crippen molar-refractivity contribution in [2.24, 2.45) is 4.99 Å². The normalized spacial score (nSPS) is 16.8. The lowest BCUT2D eigenvalue weighted by molar-refractivity contribution is 0.235. The second-order valence-corrected chi connectivity index (χ2v) is 6.81. The first-order valence-corrected chi connectivity index (χ1v) is 8.74. The number of nitrogens with zero attached hydrogens (tertiary/aromatic N) is 2. The van der Waals surface area contributed by atoms with E-state index >= 15 is 0 Å². The van der Waals surface area contributed by atoms with Gasteiger partial charge in [0.15, 0.2) is 5.96 Å². The fourth-order valence-corrected chi connectivity index (χ4v) is 3.25. The number of thiazole rings is 1. The van der Waals surface area contributed by atoms with E-state index in [1.54, 1.807) is 11.3 Å². The molecule has 1 aromatic carbocycles. The van der Waals surface area contributed by atoms with Gasteiger partial charge in [-0.05, 0) is 25.5 Å². The molecule has 3 rings (SSSR count). The third-order valence-electron chi connectivity index (χ3n) is 3.60. The van der Waals surface area contributed by atoms with Crippen molar-refractivity contribution >= 4 is 17.3 Å². The Morgan fingerprint density at radius 3 is 3.00 bits per heavy atom. The Hall–Kier alpha value is -2.08. The lowest BCUT2D eigenvalue weighted by atomic mass is 10.1. The summed E-state index contributed by atoms with van der Waals surface area (Å²) >= 11 is 1.68. The summed E-state index contributed by atoms with van der Waals surface area (Å²) in [7, 11) is 0. The van der Waals surface area contributed by atoms with Crippen LogP contribution < -0.4 is 15.4 Å². The summed E-state index contributed by atoms with van der Waals surface area (Å²) in [5.41, 5.74) is 1.28. The number of nitrogens with one attached hydrogen (secondary N) is 2. The molecule has 1 aliphatic rings. The van der Waals surface area contributed by atoms with Crippen LogP contribution in [0.1, 0.15) is 22.4 Å². The zero-order valence-electron chi connectivity index (χ0n) is 13.5. The second kappa shape index (κ2) is 7.46. The smallest absolute Gasteiger partial charge is 0.191 e. The molecule has 0 bridgehead atoms. The molecule has 0 spiro atoms. The van der Waals surface area contributed by atoms with Crippen LogP contribution in [0.3, 0.4) is 0 Å².